The Bertz CT molecular complexity index is 688. The molecule has 6 heteroatoms. The van der Waals surface area contributed by atoms with Crippen molar-refractivity contribution in [2.75, 3.05) is 26.2 Å². The van der Waals surface area contributed by atoms with Gasteiger partial charge in [0.15, 0.2) is 5.69 Å². The number of carbonyl (C=O) groups is 1. The molecule has 6 nitrogen and oxygen atoms in total. The quantitative estimate of drug-likeness (QED) is 0.877. The minimum atomic E-state index is 0.0275. The highest BCUT2D eigenvalue weighted by Gasteiger charge is 2.31. The molecule has 1 aliphatic rings. The number of hydrogen-bond donors (Lipinski definition) is 2. The number of aromatic nitrogens is 2. The topological polar surface area (TPSA) is 78.2 Å². The number of piperidine rings is 1. The molecular weight excluding hydrogens is 302 g/mol. The third-order valence-electron chi connectivity index (χ3n) is 4.86. The first-order valence-electron chi connectivity index (χ1n) is 8.80. The second kappa shape index (κ2) is 7.32. The Morgan fingerprint density at radius 1 is 1.38 bits per heavy atom. The lowest BCUT2D eigenvalue weighted by Gasteiger charge is -2.40. The molecular formula is C18H27N5O. The summed E-state index contributed by atoms with van der Waals surface area (Å²) >= 11 is 0. The van der Waals surface area contributed by atoms with E-state index in [2.05, 4.69) is 28.9 Å². The molecule has 0 spiro atoms. The van der Waals surface area contributed by atoms with E-state index in [1.54, 1.807) is 0 Å². The normalized spacial score (nSPS) is 16.8. The molecule has 0 saturated carbocycles. The van der Waals surface area contributed by atoms with Gasteiger partial charge in [-0.05, 0) is 32.8 Å². The first-order chi connectivity index (χ1) is 11.6. The van der Waals surface area contributed by atoms with E-state index in [1.807, 2.05) is 29.2 Å². The number of para-hydroxylation sites is 1. The van der Waals surface area contributed by atoms with E-state index in [-0.39, 0.29) is 18.0 Å². The van der Waals surface area contributed by atoms with Crippen LogP contribution < -0.4 is 5.73 Å². The van der Waals surface area contributed by atoms with Crippen molar-refractivity contribution in [1.29, 1.82) is 0 Å². The molecule has 1 aromatic carbocycles. The summed E-state index contributed by atoms with van der Waals surface area (Å²) in [6.45, 7) is 7.79. The summed E-state index contributed by atoms with van der Waals surface area (Å²) in [6, 6.07) is 8.21. The third kappa shape index (κ3) is 3.30. The standard InChI is InChI=1S/C18H27N5O/c1-13(2)23(14-7-10-22(11-8-14)12-9-19)18(24)17-15-5-3-4-6-16(15)20-21-17/h3-6,13-14H,7-12,19H2,1-2H3,(H,20,21). The number of nitrogens with two attached hydrogens (primary N) is 1. The second-order valence-electron chi connectivity index (χ2n) is 6.79. The van der Waals surface area contributed by atoms with Crippen LogP contribution in [0.3, 0.4) is 0 Å². The Morgan fingerprint density at radius 2 is 2.08 bits per heavy atom. The molecule has 1 fully saturated rings. The number of H-pyrrole nitrogens is 1. The van der Waals surface area contributed by atoms with Crippen molar-refractivity contribution in [2.45, 2.75) is 38.8 Å². The van der Waals surface area contributed by atoms with Gasteiger partial charge in [0.1, 0.15) is 0 Å². The number of rotatable bonds is 5. The number of hydrogen-bond acceptors (Lipinski definition) is 4. The Hall–Kier alpha value is -1.92. The number of nitrogens with zero attached hydrogens (tertiary/aromatic N) is 3. The lowest BCUT2D eigenvalue weighted by atomic mass is 10.0. The van der Waals surface area contributed by atoms with Gasteiger partial charge in [-0.3, -0.25) is 9.89 Å². The van der Waals surface area contributed by atoms with Gasteiger partial charge in [0.05, 0.1) is 5.52 Å². The van der Waals surface area contributed by atoms with Gasteiger partial charge in [-0.25, -0.2) is 0 Å². The molecule has 1 saturated heterocycles. The van der Waals surface area contributed by atoms with Crippen LogP contribution in [0, 0.1) is 0 Å². The molecule has 1 aromatic heterocycles. The molecule has 1 aliphatic heterocycles. The van der Waals surface area contributed by atoms with Crippen LogP contribution in [0.1, 0.15) is 37.2 Å². The van der Waals surface area contributed by atoms with Crippen LogP contribution in [0.25, 0.3) is 10.9 Å². The van der Waals surface area contributed by atoms with Crippen LogP contribution in [-0.4, -0.2) is 64.2 Å². The van der Waals surface area contributed by atoms with E-state index in [9.17, 15) is 4.79 Å². The van der Waals surface area contributed by atoms with E-state index in [1.165, 1.54) is 0 Å². The van der Waals surface area contributed by atoms with Gasteiger partial charge in [0, 0.05) is 43.6 Å². The minimum absolute atomic E-state index is 0.0275. The third-order valence-corrected chi connectivity index (χ3v) is 4.86. The van der Waals surface area contributed by atoms with Crippen LogP contribution in [0.2, 0.25) is 0 Å². The largest absolute Gasteiger partial charge is 0.332 e. The average Bonchev–Trinajstić information content (AvgIpc) is 3.00. The monoisotopic (exact) mass is 329 g/mol. The van der Waals surface area contributed by atoms with Crippen LogP contribution in [-0.2, 0) is 0 Å². The highest BCUT2D eigenvalue weighted by atomic mass is 16.2. The zero-order chi connectivity index (χ0) is 17.1. The van der Waals surface area contributed by atoms with Gasteiger partial charge in [-0.15, -0.1) is 0 Å². The molecule has 2 aromatic rings. The number of carbonyl (C=O) groups excluding carboxylic acids is 1. The summed E-state index contributed by atoms with van der Waals surface area (Å²) in [5, 5.41) is 8.16. The number of aromatic amines is 1. The SMILES string of the molecule is CC(C)N(C(=O)c1n[nH]c2ccccc12)C1CCN(CCN)CC1. The molecule has 0 aliphatic carbocycles. The van der Waals surface area contributed by atoms with Crippen LogP contribution in [0.5, 0.6) is 0 Å². The van der Waals surface area contributed by atoms with Crippen molar-refractivity contribution < 1.29 is 4.79 Å². The first-order valence-corrected chi connectivity index (χ1v) is 8.80. The van der Waals surface area contributed by atoms with Crippen LogP contribution in [0.15, 0.2) is 24.3 Å². The lowest BCUT2D eigenvalue weighted by Crippen LogP contribution is -2.50. The van der Waals surface area contributed by atoms with E-state index < -0.39 is 0 Å². The molecule has 3 rings (SSSR count). The van der Waals surface area contributed by atoms with E-state index in [0.717, 1.165) is 43.4 Å². The van der Waals surface area contributed by atoms with Gasteiger partial charge in [0.2, 0.25) is 0 Å². The number of benzene rings is 1. The van der Waals surface area contributed by atoms with Gasteiger partial charge >= 0.3 is 0 Å². The predicted molar refractivity (Wildman–Crippen MR) is 95.9 cm³/mol. The Kier molecular flexibility index (Phi) is 5.16. The average molecular weight is 329 g/mol. The second-order valence-corrected chi connectivity index (χ2v) is 6.79. The van der Waals surface area contributed by atoms with Gasteiger partial charge < -0.3 is 15.5 Å². The van der Waals surface area contributed by atoms with Crippen molar-refractivity contribution in [3.63, 3.8) is 0 Å². The molecule has 3 N–H and O–H groups in total. The fraction of sp³-hybridized carbons (Fsp3) is 0.556. The Labute approximate surface area is 143 Å². The summed E-state index contributed by atoms with van der Waals surface area (Å²) in [7, 11) is 0. The molecule has 1 amide bonds. The summed E-state index contributed by atoms with van der Waals surface area (Å²) < 4.78 is 0. The van der Waals surface area contributed by atoms with Gasteiger partial charge in [0.25, 0.3) is 5.91 Å². The molecule has 0 bridgehead atoms. The van der Waals surface area contributed by atoms with E-state index in [0.29, 0.717) is 12.2 Å². The van der Waals surface area contributed by atoms with E-state index in [4.69, 9.17) is 5.73 Å². The molecule has 24 heavy (non-hydrogen) atoms. The molecule has 0 unspecified atom stereocenters. The highest BCUT2D eigenvalue weighted by Crippen LogP contribution is 2.23. The highest BCUT2D eigenvalue weighted by molar-refractivity contribution is 6.04. The number of amides is 1. The van der Waals surface area contributed by atoms with Gasteiger partial charge in [-0.2, -0.15) is 5.10 Å². The maximum Gasteiger partial charge on any atom is 0.275 e. The van der Waals surface area contributed by atoms with Crippen LogP contribution in [0.4, 0.5) is 0 Å². The maximum absolute atomic E-state index is 13.2. The lowest BCUT2D eigenvalue weighted by molar-refractivity contribution is 0.0484. The summed E-state index contributed by atoms with van der Waals surface area (Å²) in [6.07, 6.45) is 1.98. The maximum atomic E-state index is 13.2. The first kappa shape index (κ1) is 16.9. The number of likely N-dealkylation sites (tertiary alicyclic amines) is 1. The summed E-state index contributed by atoms with van der Waals surface area (Å²) in [4.78, 5) is 17.6. The zero-order valence-corrected chi connectivity index (χ0v) is 14.5. The molecule has 0 radical (unpaired) electrons. The van der Waals surface area contributed by atoms with Crippen LogP contribution >= 0.6 is 0 Å². The van der Waals surface area contributed by atoms with Crippen molar-refractivity contribution in [3.05, 3.63) is 30.0 Å². The minimum Gasteiger partial charge on any atom is -0.332 e. The van der Waals surface area contributed by atoms with Crippen molar-refractivity contribution in [2.24, 2.45) is 5.73 Å². The number of nitrogens with one attached hydrogen (secondary N) is 1. The summed E-state index contributed by atoms with van der Waals surface area (Å²) in [5.74, 6) is 0.0275. The predicted octanol–water partition coefficient (Wildman–Crippen LogP) is 1.84. The molecule has 130 valence electrons. The summed E-state index contributed by atoms with van der Waals surface area (Å²) in [5.41, 5.74) is 7.09. The zero-order valence-electron chi connectivity index (χ0n) is 14.5. The Morgan fingerprint density at radius 3 is 2.75 bits per heavy atom. The smallest absolute Gasteiger partial charge is 0.275 e. The Balaban J connectivity index is 1.80. The van der Waals surface area contributed by atoms with Gasteiger partial charge in [-0.1, -0.05) is 18.2 Å². The number of fused-ring (bicyclic) bond motifs is 1. The van der Waals surface area contributed by atoms with Crippen molar-refractivity contribution in [1.82, 2.24) is 20.0 Å². The molecule has 2 heterocycles. The fourth-order valence-corrected chi connectivity index (χ4v) is 3.67. The fourth-order valence-electron chi connectivity index (χ4n) is 3.67. The van der Waals surface area contributed by atoms with E-state index >= 15 is 0 Å². The molecule has 0 atom stereocenters. The van der Waals surface area contributed by atoms with Crippen molar-refractivity contribution in [3.8, 4) is 0 Å². The van der Waals surface area contributed by atoms with Crippen molar-refractivity contribution >= 4 is 16.8 Å².